The standard InChI is InChI=1S/C15H28N2O3/c1-11(2)7-13(9-15(19)20)10-17-14(18)8-12-3-5-16-6-4-12/h11-13,16H,3-10H2,1-2H3,(H,17,18)(H,19,20)/t13-/m0/s1. The molecular formula is C15H28N2O3. The van der Waals surface area contributed by atoms with E-state index in [2.05, 4.69) is 24.5 Å². The Morgan fingerprint density at radius 3 is 2.50 bits per heavy atom. The molecule has 116 valence electrons. The molecule has 0 aromatic rings. The Morgan fingerprint density at radius 1 is 1.30 bits per heavy atom. The number of carbonyl (C=O) groups excluding carboxylic acids is 1. The van der Waals surface area contributed by atoms with Crippen LogP contribution in [0.5, 0.6) is 0 Å². The molecule has 5 nitrogen and oxygen atoms in total. The van der Waals surface area contributed by atoms with E-state index in [0.717, 1.165) is 32.4 Å². The van der Waals surface area contributed by atoms with Crippen molar-refractivity contribution in [3.8, 4) is 0 Å². The summed E-state index contributed by atoms with van der Waals surface area (Å²) in [5, 5.41) is 15.1. The average molecular weight is 284 g/mol. The van der Waals surface area contributed by atoms with E-state index in [1.165, 1.54) is 0 Å². The molecular weight excluding hydrogens is 256 g/mol. The molecule has 1 amide bonds. The summed E-state index contributed by atoms with van der Waals surface area (Å²) in [5.74, 6) is 0.226. The van der Waals surface area contributed by atoms with Crippen molar-refractivity contribution < 1.29 is 14.7 Å². The molecule has 5 heteroatoms. The maximum absolute atomic E-state index is 11.9. The first-order valence-corrected chi connectivity index (χ1v) is 7.66. The predicted molar refractivity (Wildman–Crippen MR) is 78.4 cm³/mol. The van der Waals surface area contributed by atoms with Gasteiger partial charge in [0, 0.05) is 19.4 Å². The lowest BCUT2D eigenvalue weighted by atomic mass is 9.93. The zero-order valence-electron chi connectivity index (χ0n) is 12.7. The number of carboxylic acids is 1. The number of carboxylic acid groups (broad SMARTS) is 1. The molecule has 1 rings (SSSR count). The van der Waals surface area contributed by atoms with Gasteiger partial charge in [0.2, 0.25) is 5.91 Å². The summed E-state index contributed by atoms with van der Waals surface area (Å²) in [7, 11) is 0. The minimum Gasteiger partial charge on any atom is -0.481 e. The van der Waals surface area contributed by atoms with Gasteiger partial charge < -0.3 is 15.7 Å². The summed E-state index contributed by atoms with van der Waals surface area (Å²) in [5.41, 5.74) is 0. The van der Waals surface area contributed by atoms with Crippen LogP contribution < -0.4 is 10.6 Å². The monoisotopic (exact) mass is 284 g/mol. The molecule has 0 spiro atoms. The number of aliphatic carboxylic acids is 1. The number of nitrogens with one attached hydrogen (secondary N) is 2. The van der Waals surface area contributed by atoms with E-state index in [1.807, 2.05) is 0 Å². The minimum atomic E-state index is -0.789. The summed E-state index contributed by atoms with van der Waals surface area (Å²) in [4.78, 5) is 22.7. The molecule has 20 heavy (non-hydrogen) atoms. The van der Waals surface area contributed by atoms with E-state index in [-0.39, 0.29) is 18.2 Å². The van der Waals surface area contributed by atoms with Gasteiger partial charge in [-0.05, 0) is 50.1 Å². The molecule has 1 heterocycles. The van der Waals surface area contributed by atoms with Crippen molar-refractivity contribution in [3.63, 3.8) is 0 Å². The second-order valence-corrected chi connectivity index (χ2v) is 6.30. The fraction of sp³-hybridized carbons (Fsp3) is 0.867. The molecule has 1 aliphatic heterocycles. The summed E-state index contributed by atoms with van der Waals surface area (Å²) < 4.78 is 0. The van der Waals surface area contributed by atoms with Crippen molar-refractivity contribution in [3.05, 3.63) is 0 Å². The van der Waals surface area contributed by atoms with Gasteiger partial charge in [0.1, 0.15) is 0 Å². The third-order valence-electron chi connectivity index (χ3n) is 3.79. The van der Waals surface area contributed by atoms with Crippen molar-refractivity contribution in [1.82, 2.24) is 10.6 Å². The van der Waals surface area contributed by atoms with Gasteiger partial charge in [0.15, 0.2) is 0 Å². The van der Waals surface area contributed by atoms with E-state index < -0.39 is 5.97 Å². The number of hydrogen-bond donors (Lipinski definition) is 3. The second-order valence-electron chi connectivity index (χ2n) is 6.30. The molecule has 0 radical (unpaired) electrons. The lowest BCUT2D eigenvalue weighted by Crippen LogP contribution is -2.35. The quantitative estimate of drug-likeness (QED) is 0.633. The van der Waals surface area contributed by atoms with Gasteiger partial charge in [-0.15, -0.1) is 0 Å². The van der Waals surface area contributed by atoms with E-state index in [4.69, 9.17) is 5.11 Å². The molecule has 3 N–H and O–H groups in total. The third kappa shape index (κ3) is 7.48. The highest BCUT2D eigenvalue weighted by atomic mass is 16.4. The summed E-state index contributed by atoms with van der Waals surface area (Å²) in [6, 6.07) is 0. The normalized spacial score (nSPS) is 17.9. The average Bonchev–Trinajstić information content (AvgIpc) is 2.36. The molecule has 1 aliphatic rings. The Hall–Kier alpha value is -1.10. The van der Waals surface area contributed by atoms with Crippen LogP contribution in [0.15, 0.2) is 0 Å². The number of amides is 1. The molecule has 1 saturated heterocycles. The Kier molecular flexibility index (Phi) is 7.59. The first-order valence-electron chi connectivity index (χ1n) is 7.66. The van der Waals surface area contributed by atoms with E-state index >= 15 is 0 Å². The van der Waals surface area contributed by atoms with Crippen molar-refractivity contribution in [2.24, 2.45) is 17.8 Å². The molecule has 0 unspecified atom stereocenters. The maximum atomic E-state index is 11.9. The zero-order chi connectivity index (χ0) is 15.0. The van der Waals surface area contributed by atoms with Crippen molar-refractivity contribution >= 4 is 11.9 Å². The number of hydrogen-bond acceptors (Lipinski definition) is 3. The van der Waals surface area contributed by atoms with Crippen LogP contribution in [0.25, 0.3) is 0 Å². The summed E-state index contributed by atoms with van der Waals surface area (Å²) in [6.07, 6.45) is 3.64. The summed E-state index contributed by atoms with van der Waals surface area (Å²) >= 11 is 0. The fourth-order valence-electron chi connectivity index (χ4n) is 2.83. The van der Waals surface area contributed by atoms with Gasteiger partial charge in [-0.3, -0.25) is 9.59 Å². The van der Waals surface area contributed by atoms with Crippen LogP contribution in [-0.2, 0) is 9.59 Å². The Morgan fingerprint density at radius 2 is 1.95 bits per heavy atom. The molecule has 0 saturated carbocycles. The highest BCUT2D eigenvalue weighted by molar-refractivity contribution is 5.76. The van der Waals surface area contributed by atoms with Crippen molar-refractivity contribution in [1.29, 1.82) is 0 Å². The molecule has 0 aliphatic carbocycles. The van der Waals surface area contributed by atoms with Crippen LogP contribution in [-0.4, -0.2) is 36.6 Å². The molecule has 0 aromatic heterocycles. The van der Waals surface area contributed by atoms with Crippen LogP contribution in [0.1, 0.15) is 46.0 Å². The van der Waals surface area contributed by atoms with Gasteiger partial charge in [0.25, 0.3) is 0 Å². The zero-order valence-corrected chi connectivity index (χ0v) is 12.7. The van der Waals surface area contributed by atoms with E-state index in [0.29, 0.717) is 24.8 Å². The van der Waals surface area contributed by atoms with Gasteiger partial charge in [-0.2, -0.15) is 0 Å². The highest BCUT2D eigenvalue weighted by Crippen LogP contribution is 2.17. The van der Waals surface area contributed by atoms with Crippen LogP contribution >= 0.6 is 0 Å². The van der Waals surface area contributed by atoms with Crippen LogP contribution in [0, 0.1) is 17.8 Å². The molecule has 1 fully saturated rings. The number of rotatable bonds is 8. The van der Waals surface area contributed by atoms with Crippen LogP contribution in [0.4, 0.5) is 0 Å². The fourth-order valence-corrected chi connectivity index (χ4v) is 2.83. The first kappa shape index (κ1) is 17.0. The Balaban J connectivity index is 2.29. The first-order chi connectivity index (χ1) is 9.47. The van der Waals surface area contributed by atoms with E-state index in [9.17, 15) is 9.59 Å². The minimum absolute atomic E-state index is 0.0319. The maximum Gasteiger partial charge on any atom is 0.303 e. The Bertz CT molecular complexity index is 312. The van der Waals surface area contributed by atoms with Gasteiger partial charge in [-0.25, -0.2) is 0 Å². The highest BCUT2D eigenvalue weighted by Gasteiger charge is 2.19. The van der Waals surface area contributed by atoms with Gasteiger partial charge in [-0.1, -0.05) is 13.8 Å². The molecule has 1 atom stereocenters. The van der Waals surface area contributed by atoms with Crippen LogP contribution in [0.3, 0.4) is 0 Å². The SMILES string of the molecule is CC(C)C[C@H](CNC(=O)CC1CCNCC1)CC(=O)O. The molecule has 0 bridgehead atoms. The van der Waals surface area contributed by atoms with Gasteiger partial charge in [0.05, 0.1) is 0 Å². The lowest BCUT2D eigenvalue weighted by molar-refractivity contribution is -0.138. The predicted octanol–water partition coefficient (Wildman–Crippen LogP) is 1.63. The molecule has 0 aromatic carbocycles. The topological polar surface area (TPSA) is 78.4 Å². The Labute approximate surface area is 121 Å². The smallest absolute Gasteiger partial charge is 0.303 e. The lowest BCUT2D eigenvalue weighted by Gasteiger charge is -2.23. The third-order valence-corrected chi connectivity index (χ3v) is 3.79. The largest absolute Gasteiger partial charge is 0.481 e. The summed E-state index contributed by atoms with van der Waals surface area (Å²) in [6.45, 7) is 6.62. The van der Waals surface area contributed by atoms with Crippen LogP contribution in [0.2, 0.25) is 0 Å². The van der Waals surface area contributed by atoms with E-state index in [1.54, 1.807) is 0 Å². The van der Waals surface area contributed by atoms with Crippen molar-refractivity contribution in [2.45, 2.75) is 46.0 Å². The number of piperidine rings is 1. The number of carbonyl (C=O) groups is 2. The van der Waals surface area contributed by atoms with Crippen molar-refractivity contribution in [2.75, 3.05) is 19.6 Å². The second kappa shape index (κ2) is 8.95. The van der Waals surface area contributed by atoms with Gasteiger partial charge >= 0.3 is 5.97 Å².